The van der Waals surface area contributed by atoms with E-state index in [4.69, 9.17) is 17.3 Å². The van der Waals surface area contributed by atoms with E-state index in [0.717, 1.165) is 34.9 Å². The van der Waals surface area contributed by atoms with E-state index in [9.17, 15) is 0 Å². The minimum absolute atomic E-state index is 0.558. The minimum Gasteiger partial charge on any atom is -0.369 e. The van der Waals surface area contributed by atoms with Crippen LogP contribution in [0.25, 0.3) is 11.0 Å². The minimum atomic E-state index is 0.558. The van der Waals surface area contributed by atoms with Gasteiger partial charge in [-0.05, 0) is 24.5 Å². The van der Waals surface area contributed by atoms with Gasteiger partial charge in [0.05, 0.1) is 16.1 Å². The van der Waals surface area contributed by atoms with Gasteiger partial charge >= 0.3 is 0 Å². The van der Waals surface area contributed by atoms with Crippen molar-refractivity contribution in [1.82, 2.24) is 9.55 Å². The van der Waals surface area contributed by atoms with E-state index in [0.29, 0.717) is 5.95 Å². The largest absolute Gasteiger partial charge is 0.369 e. The van der Waals surface area contributed by atoms with Gasteiger partial charge in [0, 0.05) is 6.54 Å². The Morgan fingerprint density at radius 1 is 1.33 bits per heavy atom. The Morgan fingerprint density at radius 2 is 2.11 bits per heavy atom. The Kier molecular flexibility index (Phi) is 4.12. The van der Waals surface area contributed by atoms with Crippen molar-refractivity contribution < 1.29 is 0 Å². The summed E-state index contributed by atoms with van der Waals surface area (Å²) >= 11 is 6.22. The number of benzene rings is 1. The van der Waals surface area contributed by atoms with Crippen LogP contribution in [0.5, 0.6) is 0 Å². The van der Waals surface area contributed by atoms with E-state index in [1.807, 2.05) is 22.8 Å². The number of halogens is 1. The first-order valence-electron chi connectivity index (χ1n) is 6.50. The van der Waals surface area contributed by atoms with Crippen molar-refractivity contribution >= 4 is 28.6 Å². The molecule has 0 spiro atoms. The van der Waals surface area contributed by atoms with E-state index in [2.05, 4.69) is 18.8 Å². The first-order valence-corrected chi connectivity index (χ1v) is 6.87. The highest BCUT2D eigenvalue weighted by molar-refractivity contribution is 6.35. The van der Waals surface area contributed by atoms with E-state index in [1.165, 1.54) is 12.8 Å². The summed E-state index contributed by atoms with van der Waals surface area (Å²) in [5.74, 6) is 1.31. The average Bonchev–Trinajstić information content (AvgIpc) is 2.62. The van der Waals surface area contributed by atoms with Crippen LogP contribution in [-0.4, -0.2) is 9.55 Å². The fraction of sp³-hybridized carbons (Fsp3) is 0.500. The van der Waals surface area contributed by atoms with Gasteiger partial charge in [-0.2, -0.15) is 0 Å². The van der Waals surface area contributed by atoms with Crippen molar-refractivity contribution in [2.24, 2.45) is 5.92 Å². The molecule has 98 valence electrons. The molecule has 1 aromatic carbocycles. The van der Waals surface area contributed by atoms with Gasteiger partial charge in [-0.3, -0.25) is 0 Å². The van der Waals surface area contributed by atoms with E-state index < -0.39 is 0 Å². The number of unbranched alkanes of at least 4 members (excludes halogenated alkanes) is 1. The molecule has 0 aliphatic rings. The highest BCUT2D eigenvalue weighted by Crippen LogP contribution is 2.26. The molecular formula is C14H20ClN3. The van der Waals surface area contributed by atoms with Gasteiger partial charge in [0.25, 0.3) is 0 Å². The zero-order chi connectivity index (χ0) is 13.1. The van der Waals surface area contributed by atoms with Crippen LogP contribution in [0.3, 0.4) is 0 Å². The monoisotopic (exact) mass is 265 g/mol. The average molecular weight is 266 g/mol. The molecule has 4 heteroatoms. The van der Waals surface area contributed by atoms with Crippen LogP contribution >= 0.6 is 11.6 Å². The molecule has 3 nitrogen and oxygen atoms in total. The van der Waals surface area contributed by atoms with Crippen LogP contribution in [0.1, 0.15) is 33.1 Å². The maximum Gasteiger partial charge on any atom is 0.201 e. The van der Waals surface area contributed by atoms with Crippen molar-refractivity contribution in [2.45, 2.75) is 39.7 Å². The molecule has 2 aromatic rings. The fourth-order valence-electron chi connectivity index (χ4n) is 2.21. The second kappa shape index (κ2) is 5.61. The van der Waals surface area contributed by atoms with Gasteiger partial charge in [-0.15, -0.1) is 0 Å². The van der Waals surface area contributed by atoms with Crippen molar-refractivity contribution in [2.75, 3.05) is 5.73 Å². The maximum absolute atomic E-state index is 6.22. The molecule has 18 heavy (non-hydrogen) atoms. The molecule has 2 rings (SSSR count). The molecule has 0 saturated heterocycles. The van der Waals surface area contributed by atoms with Crippen LogP contribution in [0, 0.1) is 5.92 Å². The smallest absolute Gasteiger partial charge is 0.201 e. The quantitative estimate of drug-likeness (QED) is 0.827. The summed E-state index contributed by atoms with van der Waals surface area (Å²) in [6, 6.07) is 5.73. The Morgan fingerprint density at radius 3 is 2.83 bits per heavy atom. The van der Waals surface area contributed by atoms with Gasteiger partial charge in [0.15, 0.2) is 0 Å². The summed E-state index contributed by atoms with van der Waals surface area (Å²) in [4.78, 5) is 4.34. The predicted octanol–water partition coefficient (Wildman–Crippen LogP) is 4.10. The number of nitrogen functional groups attached to an aromatic ring is 1. The van der Waals surface area contributed by atoms with E-state index in [1.54, 1.807) is 0 Å². The highest BCUT2D eigenvalue weighted by atomic mass is 35.5. The van der Waals surface area contributed by atoms with Gasteiger partial charge in [-0.1, -0.05) is 44.4 Å². The summed E-state index contributed by atoms with van der Waals surface area (Å²) in [5, 5.41) is 0.723. The van der Waals surface area contributed by atoms with E-state index >= 15 is 0 Å². The first-order chi connectivity index (χ1) is 8.59. The molecule has 0 amide bonds. The molecule has 0 radical (unpaired) electrons. The fourth-order valence-corrected chi connectivity index (χ4v) is 2.48. The molecule has 0 saturated carbocycles. The second-order valence-corrected chi connectivity index (χ2v) is 5.53. The van der Waals surface area contributed by atoms with Crippen LogP contribution < -0.4 is 5.73 Å². The zero-order valence-corrected chi connectivity index (χ0v) is 11.7. The Bertz CT molecular complexity index is 531. The van der Waals surface area contributed by atoms with Crippen LogP contribution in [0.2, 0.25) is 5.02 Å². The SMILES string of the molecule is CC(C)CCCCn1c(N)nc2cccc(Cl)c21. The summed E-state index contributed by atoms with van der Waals surface area (Å²) in [7, 11) is 0. The van der Waals surface area contributed by atoms with Crippen molar-refractivity contribution in [3.05, 3.63) is 23.2 Å². The maximum atomic E-state index is 6.22. The molecule has 1 heterocycles. The number of para-hydroxylation sites is 1. The lowest BCUT2D eigenvalue weighted by atomic mass is 10.1. The van der Waals surface area contributed by atoms with E-state index in [-0.39, 0.29) is 0 Å². The second-order valence-electron chi connectivity index (χ2n) is 5.12. The van der Waals surface area contributed by atoms with Gasteiger partial charge in [-0.25, -0.2) is 4.98 Å². The van der Waals surface area contributed by atoms with Gasteiger partial charge in [0.2, 0.25) is 5.95 Å². The lowest BCUT2D eigenvalue weighted by Gasteiger charge is -2.08. The third kappa shape index (κ3) is 2.78. The van der Waals surface area contributed by atoms with Gasteiger partial charge < -0.3 is 10.3 Å². The number of aromatic nitrogens is 2. The number of hydrogen-bond acceptors (Lipinski definition) is 2. The Labute approximate surface area is 113 Å². The zero-order valence-electron chi connectivity index (χ0n) is 11.0. The molecule has 2 N–H and O–H groups in total. The number of nitrogens with zero attached hydrogens (tertiary/aromatic N) is 2. The highest BCUT2D eigenvalue weighted by Gasteiger charge is 2.10. The van der Waals surface area contributed by atoms with Crippen molar-refractivity contribution in [3.63, 3.8) is 0 Å². The lowest BCUT2D eigenvalue weighted by molar-refractivity contribution is 0.514. The topological polar surface area (TPSA) is 43.8 Å². The molecule has 0 fully saturated rings. The number of imidazole rings is 1. The molecular weight excluding hydrogens is 246 g/mol. The first kappa shape index (κ1) is 13.2. The number of rotatable bonds is 5. The van der Waals surface area contributed by atoms with Crippen LogP contribution in [0.4, 0.5) is 5.95 Å². The Balaban J connectivity index is 2.15. The third-order valence-electron chi connectivity index (χ3n) is 3.16. The summed E-state index contributed by atoms with van der Waals surface area (Å²) in [6.07, 6.45) is 3.57. The molecule has 0 aliphatic carbocycles. The Hall–Kier alpha value is -1.22. The lowest BCUT2D eigenvalue weighted by Crippen LogP contribution is -2.04. The summed E-state index contributed by atoms with van der Waals surface area (Å²) < 4.78 is 2.03. The van der Waals surface area contributed by atoms with Crippen molar-refractivity contribution in [1.29, 1.82) is 0 Å². The van der Waals surface area contributed by atoms with Crippen molar-refractivity contribution in [3.8, 4) is 0 Å². The molecule has 0 bridgehead atoms. The number of nitrogens with two attached hydrogens (primary N) is 1. The van der Waals surface area contributed by atoms with Gasteiger partial charge in [0.1, 0.15) is 0 Å². The molecule has 1 aromatic heterocycles. The standard InChI is InChI=1S/C14H20ClN3/c1-10(2)6-3-4-9-18-13-11(15)7-5-8-12(13)17-14(18)16/h5,7-8,10H,3-4,6,9H2,1-2H3,(H2,16,17). The number of aryl methyl sites for hydroxylation is 1. The summed E-state index contributed by atoms with van der Waals surface area (Å²) in [6.45, 7) is 5.38. The predicted molar refractivity (Wildman–Crippen MR) is 77.8 cm³/mol. The van der Waals surface area contributed by atoms with Crippen LogP contribution in [0.15, 0.2) is 18.2 Å². The van der Waals surface area contributed by atoms with Crippen LogP contribution in [-0.2, 0) is 6.54 Å². The molecule has 0 aliphatic heterocycles. The number of fused-ring (bicyclic) bond motifs is 1. The number of hydrogen-bond donors (Lipinski definition) is 1. The number of anilines is 1. The normalized spacial score (nSPS) is 11.6. The molecule has 0 atom stereocenters. The molecule has 0 unspecified atom stereocenters. The summed E-state index contributed by atoms with van der Waals surface area (Å²) in [5.41, 5.74) is 7.80. The third-order valence-corrected chi connectivity index (χ3v) is 3.47.